The number of rotatable bonds is 4. The molecule has 0 saturated carbocycles. The highest BCUT2D eigenvalue weighted by Crippen LogP contribution is 2.32. The van der Waals surface area contributed by atoms with Crippen LogP contribution in [0.15, 0.2) is 36.4 Å². The van der Waals surface area contributed by atoms with Crippen molar-refractivity contribution < 1.29 is 13.5 Å². The second kappa shape index (κ2) is 6.09. The monoisotopic (exact) mass is 297 g/mol. The first-order chi connectivity index (χ1) is 9.52. The standard InChI is InChI=1S/C15H14ClF2NO/c1-9(15-12(18)4-3-5-14(15)20-2)19-13-8-10(17)6-7-11(13)16/h3-9,19H,1-2H3. The number of hydrogen-bond donors (Lipinski definition) is 1. The molecule has 0 radical (unpaired) electrons. The highest BCUT2D eigenvalue weighted by atomic mass is 35.5. The minimum Gasteiger partial charge on any atom is -0.496 e. The molecule has 20 heavy (non-hydrogen) atoms. The van der Waals surface area contributed by atoms with Crippen LogP contribution in [0.5, 0.6) is 5.75 Å². The van der Waals surface area contributed by atoms with E-state index in [-0.39, 0.29) is 0 Å². The maximum atomic E-state index is 13.9. The van der Waals surface area contributed by atoms with E-state index in [1.807, 2.05) is 0 Å². The van der Waals surface area contributed by atoms with Gasteiger partial charge in [-0.15, -0.1) is 0 Å². The van der Waals surface area contributed by atoms with Crippen LogP contribution in [0.2, 0.25) is 5.02 Å². The fraction of sp³-hybridized carbons (Fsp3) is 0.200. The zero-order chi connectivity index (χ0) is 14.7. The molecule has 0 fully saturated rings. The summed E-state index contributed by atoms with van der Waals surface area (Å²) in [4.78, 5) is 0. The van der Waals surface area contributed by atoms with Gasteiger partial charge >= 0.3 is 0 Å². The van der Waals surface area contributed by atoms with Crippen LogP contribution in [0.1, 0.15) is 18.5 Å². The van der Waals surface area contributed by atoms with Crippen molar-refractivity contribution in [3.8, 4) is 5.75 Å². The van der Waals surface area contributed by atoms with E-state index in [9.17, 15) is 8.78 Å². The lowest BCUT2D eigenvalue weighted by molar-refractivity contribution is 0.402. The van der Waals surface area contributed by atoms with E-state index < -0.39 is 17.7 Å². The van der Waals surface area contributed by atoms with Gasteiger partial charge in [0.05, 0.1) is 29.4 Å². The molecule has 2 nitrogen and oxygen atoms in total. The fourth-order valence-electron chi connectivity index (χ4n) is 2.03. The molecule has 0 saturated heterocycles. The maximum absolute atomic E-state index is 13.9. The van der Waals surface area contributed by atoms with Gasteiger partial charge < -0.3 is 10.1 Å². The zero-order valence-electron chi connectivity index (χ0n) is 11.1. The third kappa shape index (κ3) is 3.02. The Kier molecular flexibility index (Phi) is 4.45. The van der Waals surface area contributed by atoms with Crippen molar-refractivity contribution in [2.45, 2.75) is 13.0 Å². The molecule has 106 valence electrons. The molecule has 0 heterocycles. The van der Waals surface area contributed by atoms with Gasteiger partial charge in [-0.2, -0.15) is 0 Å². The summed E-state index contributed by atoms with van der Waals surface area (Å²) in [5.41, 5.74) is 0.778. The molecule has 5 heteroatoms. The number of methoxy groups -OCH3 is 1. The zero-order valence-corrected chi connectivity index (χ0v) is 11.8. The minimum atomic E-state index is -0.426. The van der Waals surface area contributed by atoms with Crippen molar-refractivity contribution in [1.29, 1.82) is 0 Å². The van der Waals surface area contributed by atoms with E-state index in [4.69, 9.17) is 16.3 Å². The van der Waals surface area contributed by atoms with Gasteiger partial charge in [0.15, 0.2) is 0 Å². The summed E-state index contributed by atoms with van der Waals surface area (Å²) in [7, 11) is 1.47. The molecule has 2 aromatic rings. The molecule has 0 aromatic heterocycles. The number of benzene rings is 2. The Bertz CT molecular complexity index is 619. The number of hydrogen-bond acceptors (Lipinski definition) is 2. The SMILES string of the molecule is COc1cccc(F)c1C(C)Nc1cc(F)ccc1Cl. The molecule has 0 aliphatic rings. The second-order valence-corrected chi connectivity index (χ2v) is 4.75. The topological polar surface area (TPSA) is 21.3 Å². The minimum absolute atomic E-state index is 0.369. The lowest BCUT2D eigenvalue weighted by Gasteiger charge is -2.19. The lowest BCUT2D eigenvalue weighted by atomic mass is 10.1. The van der Waals surface area contributed by atoms with Crippen molar-refractivity contribution in [2.24, 2.45) is 0 Å². The number of halogens is 3. The van der Waals surface area contributed by atoms with Crippen LogP contribution in [-0.4, -0.2) is 7.11 Å². The first kappa shape index (κ1) is 14.6. The van der Waals surface area contributed by atoms with Crippen LogP contribution >= 0.6 is 11.6 Å². The normalized spacial score (nSPS) is 12.1. The number of ether oxygens (including phenoxy) is 1. The molecule has 0 aliphatic heterocycles. The average molecular weight is 298 g/mol. The summed E-state index contributed by atoms with van der Waals surface area (Å²) in [5.74, 6) is -0.376. The Morgan fingerprint density at radius 2 is 1.95 bits per heavy atom. The molecule has 1 N–H and O–H groups in total. The van der Waals surface area contributed by atoms with Crippen molar-refractivity contribution in [1.82, 2.24) is 0 Å². The first-order valence-electron chi connectivity index (χ1n) is 6.07. The van der Waals surface area contributed by atoms with Gasteiger partial charge in [0.25, 0.3) is 0 Å². The molecule has 2 aromatic carbocycles. The Labute approximate surface area is 121 Å². The molecule has 2 rings (SSSR count). The van der Waals surface area contributed by atoms with Crippen LogP contribution < -0.4 is 10.1 Å². The van der Waals surface area contributed by atoms with Crippen molar-refractivity contribution in [2.75, 3.05) is 12.4 Å². The van der Waals surface area contributed by atoms with Crippen LogP contribution in [0.4, 0.5) is 14.5 Å². The van der Waals surface area contributed by atoms with Crippen molar-refractivity contribution in [3.63, 3.8) is 0 Å². The van der Waals surface area contributed by atoms with E-state index in [1.165, 1.54) is 31.4 Å². The molecule has 0 aliphatic carbocycles. The summed E-state index contributed by atoms with van der Waals surface area (Å²) >= 11 is 5.99. The average Bonchev–Trinajstić information content (AvgIpc) is 2.42. The van der Waals surface area contributed by atoms with Gasteiger partial charge in [0.2, 0.25) is 0 Å². The molecular weight excluding hydrogens is 284 g/mol. The lowest BCUT2D eigenvalue weighted by Crippen LogP contribution is -2.10. The Balaban J connectivity index is 2.33. The quantitative estimate of drug-likeness (QED) is 0.875. The van der Waals surface area contributed by atoms with Crippen molar-refractivity contribution in [3.05, 3.63) is 58.6 Å². The molecule has 0 bridgehead atoms. The summed E-state index contributed by atoms with van der Waals surface area (Å²) in [6.45, 7) is 1.75. The molecule has 1 unspecified atom stereocenters. The predicted octanol–water partition coefficient (Wildman–Crippen LogP) is 4.80. The van der Waals surface area contributed by atoms with E-state index >= 15 is 0 Å². The van der Waals surface area contributed by atoms with Crippen LogP contribution in [0.3, 0.4) is 0 Å². The largest absolute Gasteiger partial charge is 0.496 e. The number of anilines is 1. The number of nitrogens with one attached hydrogen (secondary N) is 1. The fourth-order valence-corrected chi connectivity index (χ4v) is 2.20. The third-order valence-electron chi connectivity index (χ3n) is 2.97. The summed E-state index contributed by atoms with van der Waals surface area (Å²) in [6, 6.07) is 8.15. The van der Waals surface area contributed by atoms with Gasteiger partial charge in [-0.3, -0.25) is 0 Å². The van der Waals surface area contributed by atoms with Gasteiger partial charge in [-0.1, -0.05) is 17.7 Å². The van der Waals surface area contributed by atoms with Crippen LogP contribution in [0.25, 0.3) is 0 Å². The summed E-state index contributed by atoms with van der Waals surface area (Å²) < 4.78 is 32.3. The van der Waals surface area contributed by atoms with E-state index in [0.29, 0.717) is 22.0 Å². The highest BCUT2D eigenvalue weighted by molar-refractivity contribution is 6.33. The summed E-state index contributed by atoms with van der Waals surface area (Å²) in [6.07, 6.45) is 0. The second-order valence-electron chi connectivity index (χ2n) is 4.35. The van der Waals surface area contributed by atoms with Gasteiger partial charge in [-0.05, 0) is 37.3 Å². The van der Waals surface area contributed by atoms with E-state index in [0.717, 1.165) is 0 Å². The van der Waals surface area contributed by atoms with Gasteiger partial charge in [-0.25, -0.2) is 8.78 Å². The first-order valence-corrected chi connectivity index (χ1v) is 6.44. The molecular formula is C15H14ClF2NO. The van der Waals surface area contributed by atoms with Gasteiger partial charge in [0.1, 0.15) is 17.4 Å². The van der Waals surface area contributed by atoms with Gasteiger partial charge in [0, 0.05) is 0 Å². The Morgan fingerprint density at radius 1 is 1.20 bits per heavy atom. The molecule has 1 atom stereocenters. The molecule has 0 spiro atoms. The summed E-state index contributed by atoms with van der Waals surface area (Å²) in [5, 5.41) is 3.36. The molecule has 0 amide bonds. The van der Waals surface area contributed by atoms with Crippen LogP contribution in [0, 0.1) is 11.6 Å². The predicted molar refractivity (Wildman–Crippen MR) is 76.4 cm³/mol. The highest BCUT2D eigenvalue weighted by Gasteiger charge is 2.17. The van der Waals surface area contributed by atoms with Crippen molar-refractivity contribution >= 4 is 17.3 Å². The smallest absolute Gasteiger partial charge is 0.132 e. The Hall–Kier alpha value is -1.81. The maximum Gasteiger partial charge on any atom is 0.132 e. The van der Waals surface area contributed by atoms with Crippen LogP contribution in [-0.2, 0) is 0 Å². The van der Waals surface area contributed by atoms with E-state index in [1.54, 1.807) is 19.1 Å². The third-order valence-corrected chi connectivity index (χ3v) is 3.30. The Morgan fingerprint density at radius 3 is 2.65 bits per heavy atom. The van der Waals surface area contributed by atoms with E-state index in [2.05, 4.69) is 5.32 Å².